The Balaban J connectivity index is 1.68. The molecule has 0 saturated heterocycles. The second-order valence-electron chi connectivity index (χ2n) is 17.1. The van der Waals surface area contributed by atoms with Crippen LogP contribution in [0.4, 0.5) is 0 Å². The number of hydrogen-bond acceptors (Lipinski definition) is 6. The van der Waals surface area contributed by atoms with Gasteiger partial charge in [-0.3, -0.25) is 0 Å². The number of benzene rings is 2. The van der Waals surface area contributed by atoms with Crippen molar-refractivity contribution < 1.29 is 0 Å². The Morgan fingerprint density at radius 2 is 0.686 bits per heavy atom. The number of aryl methyl sites for hydroxylation is 2. The largest absolute Gasteiger partial charge is 0.309 e. The highest BCUT2D eigenvalue weighted by Crippen LogP contribution is 2.54. The Morgan fingerprint density at radius 3 is 1.06 bits per heavy atom. The van der Waals surface area contributed by atoms with Crippen LogP contribution in [0.15, 0.2) is 36.4 Å². The maximum atomic E-state index is 2.76. The van der Waals surface area contributed by atoms with Crippen LogP contribution in [0.2, 0.25) is 0 Å². The molecule has 0 atom stereocenters. The summed E-state index contributed by atoms with van der Waals surface area (Å²) in [5.41, 5.74) is 9.16. The molecular weight excluding hydrogens is 625 g/mol. The third-order valence-electron chi connectivity index (χ3n) is 11.1. The van der Waals surface area contributed by atoms with Gasteiger partial charge < -0.3 is 29.4 Å². The maximum Gasteiger partial charge on any atom is 0.0215 e. The Kier molecular flexibility index (Phi) is 19.7. The van der Waals surface area contributed by atoms with E-state index in [2.05, 4.69) is 136 Å². The molecule has 0 aromatic heterocycles. The summed E-state index contributed by atoms with van der Waals surface area (Å²) in [5, 5.41) is 0. The van der Waals surface area contributed by atoms with E-state index in [1.54, 1.807) is 11.1 Å². The van der Waals surface area contributed by atoms with E-state index < -0.39 is 0 Å². The molecular formula is C45H80N6. The van der Waals surface area contributed by atoms with Crippen LogP contribution in [0.1, 0.15) is 99.3 Å². The SMILES string of the molecule is Cc1ccc2c(c1)C(CCCCCCN(CCCN(C)C)CCCN(C)C)(CCCCN(CCCN(C)C)CCCN(C)C)c1cc(C)ccc1-2. The minimum absolute atomic E-state index is 0.133. The summed E-state index contributed by atoms with van der Waals surface area (Å²) in [4.78, 5) is 14.8. The molecule has 0 spiro atoms. The lowest BCUT2D eigenvalue weighted by Crippen LogP contribution is -2.31. The first-order valence-electron chi connectivity index (χ1n) is 20.7. The van der Waals surface area contributed by atoms with Crippen LogP contribution < -0.4 is 0 Å². The molecule has 0 heterocycles. The molecule has 2 aromatic rings. The fraction of sp³-hybridized carbons (Fsp3) is 0.733. The quantitative estimate of drug-likeness (QED) is 0.0829. The van der Waals surface area contributed by atoms with Crippen LogP contribution in [-0.4, -0.2) is 151 Å². The van der Waals surface area contributed by atoms with Gasteiger partial charge in [-0.15, -0.1) is 0 Å². The van der Waals surface area contributed by atoms with Crippen LogP contribution >= 0.6 is 0 Å². The second-order valence-corrected chi connectivity index (χ2v) is 17.1. The summed E-state index contributed by atoms with van der Waals surface area (Å²) in [6.07, 6.45) is 15.4. The van der Waals surface area contributed by atoms with Crippen molar-refractivity contribution in [3.8, 4) is 11.1 Å². The number of nitrogens with zero attached hydrogens (tertiary/aromatic N) is 6. The molecule has 1 aliphatic carbocycles. The van der Waals surface area contributed by atoms with Crippen molar-refractivity contribution in [3.63, 3.8) is 0 Å². The third-order valence-corrected chi connectivity index (χ3v) is 11.1. The zero-order valence-electron chi connectivity index (χ0n) is 35.2. The van der Waals surface area contributed by atoms with E-state index in [4.69, 9.17) is 0 Å². The van der Waals surface area contributed by atoms with Gasteiger partial charge in [0.05, 0.1) is 0 Å². The zero-order valence-corrected chi connectivity index (χ0v) is 35.2. The molecule has 0 amide bonds. The van der Waals surface area contributed by atoms with E-state index in [1.807, 2.05) is 0 Å². The summed E-state index contributed by atoms with van der Waals surface area (Å²) in [6, 6.07) is 14.6. The van der Waals surface area contributed by atoms with Crippen molar-refractivity contribution in [1.82, 2.24) is 29.4 Å². The van der Waals surface area contributed by atoms with Gasteiger partial charge in [0.2, 0.25) is 0 Å². The first-order chi connectivity index (χ1) is 24.4. The molecule has 0 aliphatic heterocycles. The Labute approximate surface area is 316 Å². The van der Waals surface area contributed by atoms with Crippen molar-refractivity contribution in [2.75, 3.05) is 122 Å². The number of unbranched alkanes of at least 4 members (excludes halogenated alkanes) is 4. The van der Waals surface area contributed by atoms with E-state index in [1.165, 1.54) is 165 Å². The van der Waals surface area contributed by atoms with Gasteiger partial charge >= 0.3 is 0 Å². The molecule has 6 heteroatoms. The summed E-state index contributed by atoms with van der Waals surface area (Å²) in [5.74, 6) is 0. The highest BCUT2D eigenvalue weighted by Gasteiger charge is 2.42. The molecule has 0 saturated carbocycles. The summed E-state index contributed by atoms with van der Waals surface area (Å²) < 4.78 is 0. The lowest BCUT2D eigenvalue weighted by Gasteiger charge is -2.34. The van der Waals surface area contributed by atoms with Crippen molar-refractivity contribution in [2.24, 2.45) is 0 Å². The van der Waals surface area contributed by atoms with Crippen molar-refractivity contribution in [1.29, 1.82) is 0 Å². The lowest BCUT2D eigenvalue weighted by molar-refractivity contribution is 0.233. The number of hydrogen-bond donors (Lipinski definition) is 0. The highest BCUT2D eigenvalue weighted by molar-refractivity contribution is 5.81. The van der Waals surface area contributed by atoms with E-state index in [0.29, 0.717) is 0 Å². The monoisotopic (exact) mass is 705 g/mol. The first-order valence-corrected chi connectivity index (χ1v) is 20.7. The highest BCUT2D eigenvalue weighted by atomic mass is 15.1. The third kappa shape index (κ3) is 15.2. The minimum Gasteiger partial charge on any atom is -0.309 e. The normalized spacial score (nSPS) is 13.9. The van der Waals surface area contributed by atoms with Gasteiger partial charge in [0.25, 0.3) is 0 Å². The van der Waals surface area contributed by atoms with E-state index in [-0.39, 0.29) is 5.41 Å². The molecule has 0 fully saturated rings. The van der Waals surface area contributed by atoms with Crippen molar-refractivity contribution >= 4 is 0 Å². The van der Waals surface area contributed by atoms with Crippen LogP contribution in [0.5, 0.6) is 0 Å². The Bertz CT molecular complexity index is 1160. The van der Waals surface area contributed by atoms with E-state index in [9.17, 15) is 0 Å². The Hall–Kier alpha value is -1.80. The van der Waals surface area contributed by atoms with Crippen molar-refractivity contribution in [2.45, 2.75) is 96.3 Å². The molecule has 0 N–H and O–H groups in total. The molecule has 51 heavy (non-hydrogen) atoms. The molecule has 6 nitrogen and oxygen atoms in total. The molecule has 290 valence electrons. The van der Waals surface area contributed by atoms with E-state index >= 15 is 0 Å². The smallest absolute Gasteiger partial charge is 0.0215 e. The standard InChI is InChI=1S/C45H80N6/c1-39-21-23-41-42-24-22-40(2)38-44(42)45(43(41)37-39,26-14-16-32-51(35-19-29-48(7)8)36-20-30-49(9)10)25-13-11-12-15-31-50(33-17-27-46(3)4)34-18-28-47(5)6/h21-24,37-38H,11-20,25-36H2,1-10H3. The first kappa shape index (κ1) is 43.6. The van der Waals surface area contributed by atoms with Gasteiger partial charge in [0, 0.05) is 5.41 Å². The van der Waals surface area contributed by atoms with Gasteiger partial charge in [-0.1, -0.05) is 73.2 Å². The summed E-state index contributed by atoms with van der Waals surface area (Å²) >= 11 is 0. The van der Waals surface area contributed by atoms with Crippen LogP contribution in [0.25, 0.3) is 11.1 Å². The predicted molar refractivity (Wildman–Crippen MR) is 225 cm³/mol. The van der Waals surface area contributed by atoms with E-state index in [0.717, 1.165) is 0 Å². The molecule has 3 rings (SSSR count). The van der Waals surface area contributed by atoms with Gasteiger partial charge in [0.15, 0.2) is 0 Å². The molecule has 0 unspecified atom stereocenters. The maximum absolute atomic E-state index is 2.76. The minimum atomic E-state index is 0.133. The lowest BCUT2D eigenvalue weighted by atomic mass is 9.70. The summed E-state index contributed by atoms with van der Waals surface area (Å²) in [7, 11) is 17.6. The molecule has 1 aliphatic rings. The average Bonchev–Trinajstić information content (AvgIpc) is 3.31. The van der Waals surface area contributed by atoms with Crippen LogP contribution in [0, 0.1) is 13.8 Å². The predicted octanol–water partition coefficient (Wildman–Crippen LogP) is 8.10. The fourth-order valence-electron chi connectivity index (χ4n) is 8.38. The Morgan fingerprint density at radius 1 is 0.373 bits per heavy atom. The zero-order chi connectivity index (χ0) is 37.2. The summed E-state index contributed by atoms with van der Waals surface area (Å²) in [6.45, 7) is 16.6. The van der Waals surface area contributed by atoms with Gasteiger partial charge in [-0.2, -0.15) is 0 Å². The average molecular weight is 705 g/mol. The second kappa shape index (κ2) is 23.1. The van der Waals surface area contributed by atoms with Crippen LogP contribution in [-0.2, 0) is 5.41 Å². The molecule has 2 aromatic carbocycles. The van der Waals surface area contributed by atoms with Gasteiger partial charge in [-0.05, 0) is 209 Å². The van der Waals surface area contributed by atoms with Crippen LogP contribution in [0.3, 0.4) is 0 Å². The fourth-order valence-corrected chi connectivity index (χ4v) is 8.38. The van der Waals surface area contributed by atoms with Gasteiger partial charge in [-0.25, -0.2) is 0 Å². The molecule has 0 radical (unpaired) electrons. The molecule has 0 bridgehead atoms. The number of rotatable bonds is 28. The topological polar surface area (TPSA) is 19.4 Å². The van der Waals surface area contributed by atoms with Crippen molar-refractivity contribution in [3.05, 3.63) is 58.7 Å². The number of fused-ring (bicyclic) bond motifs is 3. The van der Waals surface area contributed by atoms with Gasteiger partial charge in [0.1, 0.15) is 0 Å².